The molecule has 0 spiro atoms. The predicted octanol–water partition coefficient (Wildman–Crippen LogP) is 3.48. The normalized spacial score (nSPS) is 15.0. The Labute approximate surface area is 98.6 Å². The summed E-state index contributed by atoms with van der Waals surface area (Å²) in [5.74, 6) is 0.364. The lowest BCUT2D eigenvalue weighted by Crippen LogP contribution is -2.15. The number of rotatable bonds is 4. The molecule has 0 aromatic heterocycles. The van der Waals surface area contributed by atoms with Crippen molar-refractivity contribution in [1.29, 1.82) is 0 Å². The molecule has 84 valence electrons. The van der Waals surface area contributed by atoms with E-state index in [1.165, 1.54) is 12.1 Å². The lowest BCUT2D eigenvalue weighted by atomic mass is 10.2. The fourth-order valence-electron chi connectivity index (χ4n) is 0.999. The number of benzene rings is 1. The Bertz CT molecular complexity index is 330. The summed E-state index contributed by atoms with van der Waals surface area (Å²) in [5, 5.41) is 9.89. The fraction of sp³-hybridized carbons (Fsp3) is 0.455. The van der Waals surface area contributed by atoms with Crippen LogP contribution in [0.25, 0.3) is 0 Å². The molecular weight excluding hydrogens is 235 g/mol. The minimum atomic E-state index is -0.353. The number of aliphatic hydroxyl groups is 1. The van der Waals surface area contributed by atoms with Gasteiger partial charge in [0.25, 0.3) is 0 Å². The molecule has 1 N–H and O–H groups in total. The second kappa shape index (κ2) is 5.73. The van der Waals surface area contributed by atoms with Gasteiger partial charge in [0.15, 0.2) is 0 Å². The maximum atomic E-state index is 12.7. The van der Waals surface area contributed by atoms with E-state index in [1.807, 2.05) is 6.92 Å². The van der Waals surface area contributed by atoms with Crippen molar-refractivity contribution in [3.8, 4) is 0 Å². The first-order valence-electron chi connectivity index (χ1n) is 4.74. The van der Waals surface area contributed by atoms with Crippen molar-refractivity contribution in [2.75, 3.05) is 0 Å². The number of halogens is 2. The van der Waals surface area contributed by atoms with Crippen LogP contribution in [0, 0.1) is 5.82 Å². The molecule has 0 saturated carbocycles. The summed E-state index contributed by atoms with van der Waals surface area (Å²) in [5.41, 5.74) is 0.899. The number of hydrogen-bond donors (Lipinski definition) is 1. The van der Waals surface area contributed by atoms with Gasteiger partial charge in [0, 0.05) is 16.0 Å². The summed E-state index contributed by atoms with van der Waals surface area (Å²) >= 11 is 7.48. The van der Waals surface area contributed by atoms with Crippen molar-refractivity contribution in [3.05, 3.63) is 34.6 Å². The molecule has 1 aromatic rings. The molecule has 4 heteroatoms. The Morgan fingerprint density at radius 2 is 2.13 bits per heavy atom. The minimum absolute atomic E-state index is 0.145. The molecule has 0 aliphatic rings. The van der Waals surface area contributed by atoms with Crippen LogP contribution in [0.5, 0.6) is 0 Å². The molecule has 1 rings (SSSR count). The van der Waals surface area contributed by atoms with Crippen molar-refractivity contribution in [1.82, 2.24) is 0 Å². The lowest BCUT2D eigenvalue weighted by Gasteiger charge is -2.14. The van der Waals surface area contributed by atoms with Crippen LogP contribution in [0.2, 0.25) is 5.02 Å². The number of hydrogen-bond acceptors (Lipinski definition) is 2. The van der Waals surface area contributed by atoms with Gasteiger partial charge in [0.1, 0.15) is 5.82 Å². The number of aliphatic hydroxyl groups excluding tert-OH is 1. The highest BCUT2D eigenvalue weighted by Crippen LogP contribution is 2.25. The first-order chi connectivity index (χ1) is 7.00. The molecule has 0 saturated heterocycles. The molecular formula is C11H14ClFOS. The molecule has 0 amide bonds. The van der Waals surface area contributed by atoms with E-state index in [2.05, 4.69) is 0 Å². The van der Waals surface area contributed by atoms with E-state index in [9.17, 15) is 9.50 Å². The standard InChI is InChI=1S/C11H14ClFOS/c1-7(14)8(2)15-6-9-3-4-10(13)5-11(9)12/h3-5,7-8,14H,6H2,1-2H3. The van der Waals surface area contributed by atoms with Gasteiger partial charge in [-0.15, -0.1) is 0 Å². The Hall–Kier alpha value is -0.250. The second-order valence-corrected chi connectivity index (χ2v) is 5.27. The van der Waals surface area contributed by atoms with Gasteiger partial charge in [0.05, 0.1) is 6.10 Å². The van der Waals surface area contributed by atoms with Gasteiger partial charge >= 0.3 is 0 Å². The lowest BCUT2D eigenvalue weighted by molar-refractivity contribution is 0.196. The van der Waals surface area contributed by atoms with Crippen LogP contribution in [0.15, 0.2) is 18.2 Å². The van der Waals surface area contributed by atoms with Gasteiger partial charge in [-0.25, -0.2) is 4.39 Å². The molecule has 2 atom stereocenters. The van der Waals surface area contributed by atoms with Crippen LogP contribution in [-0.4, -0.2) is 16.5 Å². The Balaban J connectivity index is 2.58. The van der Waals surface area contributed by atoms with Crippen LogP contribution in [0.3, 0.4) is 0 Å². The van der Waals surface area contributed by atoms with Crippen molar-refractivity contribution in [2.24, 2.45) is 0 Å². The SMILES string of the molecule is CC(O)C(C)SCc1ccc(F)cc1Cl. The summed E-state index contributed by atoms with van der Waals surface area (Å²) in [4.78, 5) is 0. The monoisotopic (exact) mass is 248 g/mol. The quantitative estimate of drug-likeness (QED) is 0.880. The summed E-state index contributed by atoms with van der Waals surface area (Å²) in [6.45, 7) is 3.71. The third kappa shape index (κ3) is 4.01. The van der Waals surface area contributed by atoms with Crippen molar-refractivity contribution in [2.45, 2.75) is 31.0 Å². The van der Waals surface area contributed by atoms with Gasteiger partial charge in [-0.1, -0.05) is 24.6 Å². The minimum Gasteiger partial charge on any atom is -0.392 e. The van der Waals surface area contributed by atoms with Crippen molar-refractivity contribution in [3.63, 3.8) is 0 Å². The van der Waals surface area contributed by atoms with E-state index in [4.69, 9.17) is 11.6 Å². The molecule has 0 fully saturated rings. The molecule has 0 aliphatic heterocycles. The summed E-state index contributed by atoms with van der Waals surface area (Å²) in [6, 6.07) is 4.39. The van der Waals surface area contributed by atoms with E-state index < -0.39 is 0 Å². The topological polar surface area (TPSA) is 20.2 Å². The largest absolute Gasteiger partial charge is 0.392 e. The van der Waals surface area contributed by atoms with Crippen LogP contribution in [0.1, 0.15) is 19.4 Å². The van der Waals surface area contributed by atoms with E-state index in [-0.39, 0.29) is 17.2 Å². The Kier molecular flexibility index (Phi) is 4.90. The van der Waals surface area contributed by atoms with Crippen LogP contribution < -0.4 is 0 Å². The second-order valence-electron chi connectivity index (χ2n) is 3.49. The molecule has 0 aliphatic carbocycles. The first kappa shape index (κ1) is 12.8. The molecule has 1 aromatic carbocycles. The number of thioether (sulfide) groups is 1. The van der Waals surface area contributed by atoms with Crippen LogP contribution in [-0.2, 0) is 5.75 Å². The third-order valence-corrected chi connectivity index (χ3v) is 3.95. The Morgan fingerprint density at radius 1 is 1.47 bits per heavy atom. The van der Waals surface area contributed by atoms with Crippen molar-refractivity contribution >= 4 is 23.4 Å². The molecule has 2 unspecified atom stereocenters. The first-order valence-corrected chi connectivity index (χ1v) is 6.17. The zero-order valence-corrected chi connectivity index (χ0v) is 10.3. The van der Waals surface area contributed by atoms with E-state index in [1.54, 1.807) is 24.8 Å². The smallest absolute Gasteiger partial charge is 0.124 e. The maximum absolute atomic E-state index is 12.7. The van der Waals surface area contributed by atoms with Gasteiger partial charge in [-0.2, -0.15) is 11.8 Å². The van der Waals surface area contributed by atoms with E-state index in [0.29, 0.717) is 10.8 Å². The van der Waals surface area contributed by atoms with E-state index in [0.717, 1.165) is 5.56 Å². The van der Waals surface area contributed by atoms with Crippen LogP contribution >= 0.6 is 23.4 Å². The summed E-state index contributed by atoms with van der Waals surface area (Å²) < 4.78 is 12.7. The summed E-state index contributed by atoms with van der Waals surface area (Å²) in [7, 11) is 0. The zero-order chi connectivity index (χ0) is 11.4. The molecule has 0 heterocycles. The van der Waals surface area contributed by atoms with Gasteiger partial charge in [0.2, 0.25) is 0 Å². The van der Waals surface area contributed by atoms with Crippen molar-refractivity contribution < 1.29 is 9.50 Å². The van der Waals surface area contributed by atoms with Gasteiger partial charge in [-0.05, 0) is 24.6 Å². The average Bonchev–Trinajstić information content (AvgIpc) is 2.15. The Morgan fingerprint density at radius 3 is 2.67 bits per heavy atom. The zero-order valence-electron chi connectivity index (χ0n) is 8.71. The molecule has 0 bridgehead atoms. The highest BCUT2D eigenvalue weighted by Gasteiger charge is 2.10. The molecule has 15 heavy (non-hydrogen) atoms. The maximum Gasteiger partial charge on any atom is 0.124 e. The fourth-order valence-corrected chi connectivity index (χ4v) is 2.29. The average molecular weight is 249 g/mol. The summed E-state index contributed by atoms with van der Waals surface area (Å²) in [6.07, 6.45) is -0.353. The van der Waals surface area contributed by atoms with Crippen LogP contribution in [0.4, 0.5) is 4.39 Å². The van der Waals surface area contributed by atoms with Gasteiger partial charge in [-0.3, -0.25) is 0 Å². The molecule has 0 radical (unpaired) electrons. The highest BCUT2D eigenvalue weighted by atomic mass is 35.5. The third-order valence-electron chi connectivity index (χ3n) is 2.20. The highest BCUT2D eigenvalue weighted by molar-refractivity contribution is 7.99. The van der Waals surface area contributed by atoms with E-state index >= 15 is 0 Å². The predicted molar refractivity (Wildman–Crippen MR) is 63.8 cm³/mol. The molecule has 1 nitrogen and oxygen atoms in total. The van der Waals surface area contributed by atoms with Gasteiger partial charge < -0.3 is 5.11 Å².